The van der Waals surface area contributed by atoms with E-state index in [2.05, 4.69) is 23.5 Å². The molecule has 10 heteroatoms. The van der Waals surface area contributed by atoms with Crippen molar-refractivity contribution in [2.75, 3.05) is 11.4 Å². The average molecular weight is 506 g/mol. The summed E-state index contributed by atoms with van der Waals surface area (Å²) in [6, 6.07) is 17.3. The molecule has 0 unspecified atom stereocenters. The zero-order chi connectivity index (χ0) is 26.7. The Balaban J connectivity index is 0.000000572. The Labute approximate surface area is 207 Å². The molecule has 3 rings (SSSR count). The van der Waals surface area contributed by atoms with Crippen molar-refractivity contribution in [3.63, 3.8) is 0 Å². The number of carbonyl (C=O) groups excluding carboxylic acids is 2. The van der Waals surface area contributed by atoms with Gasteiger partial charge in [-0.3, -0.25) is 9.59 Å². The van der Waals surface area contributed by atoms with Gasteiger partial charge in [-0.05, 0) is 42.9 Å². The maximum Gasteiger partial charge on any atom is 0.490 e. The van der Waals surface area contributed by atoms with Crippen molar-refractivity contribution < 1.29 is 32.7 Å². The highest BCUT2D eigenvalue weighted by atomic mass is 19.4. The number of benzene rings is 2. The van der Waals surface area contributed by atoms with Gasteiger partial charge in [0.15, 0.2) is 0 Å². The van der Waals surface area contributed by atoms with E-state index >= 15 is 0 Å². The molecule has 0 radical (unpaired) electrons. The van der Waals surface area contributed by atoms with Gasteiger partial charge in [-0.15, -0.1) is 0 Å². The first-order valence-corrected chi connectivity index (χ1v) is 11.5. The molecule has 2 amide bonds. The molecule has 1 aliphatic heterocycles. The number of carboxylic acid groups (broad SMARTS) is 1. The van der Waals surface area contributed by atoms with Crippen LogP contribution in [0.4, 0.5) is 18.9 Å². The minimum absolute atomic E-state index is 0.0614. The molecule has 1 heterocycles. The number of alkyl halides is 3. The second kappa shape index (κ2) is 13.4. The van der Waals surface area contributed by atoms with E-state index in [1.807, 2.05) is 43.3 Å². The number of aliphatic carboxylic acids is 1. The van der Waals surface area contributed by atoms with Crippen LogP contribution >= 0.6 is 0 Å². The molecular weight excluding hydrogens is 475 g/mol. The van der Waals surface area contributed by atoms with E-state index in [-0.39, 0.29) is 17.9 Å². The molecule has 194 valence electrons. The molecule has 0 saturated carbocycles. The third-order valence-corrected chi connectivity index (χ3v) is 5.56. The summed E-state index contributed by atoms with van der Waals surface area (Å²) in [6.07, 6.45) is 1.24. The summed E-state index contributed by atoms with van der Waals surface area (Å²) in [5, 5.41) is 10.1. The first kappa shape index (κ1) is 28.6. The van der Waals surface area contributed by atoms with Crippen molar-refractivity contribution in [3.8, 4) is 0 Å². The highest BCUT2D eigenvalue weighted by Gasteiger charge is 2.38. The van der Waals surface area contributed by atoms with Crippen LogP contribution in [0.1, 0.15) is 30.9 Å². The van der Waals surface area contributed by atoms with Gasteiger partial charge in [0.05, 0.1) is 6.04 Å². The lowest BCUT2D eigenvalue weighted by Gasteiger charge is -2.19. The fraction of sp³-hybridized carbons (Fsp3) is 0.346. The summed E-state index contributed by atoms with van der Waals surface area (Å²) in [5.41, 5.74) is 9.23. The standard InChI is InChI=1S/C24H29N3O2.C2HF3O2/c1-2-21(25)24(29)26-20(13-12-18-8-4-3-5-9-18)14-15-23(28)27-17-16-19-10-6-7-11-22(19)27;3-2(4,5)1(6)7/h3-11,14-15,20-21H,2,12-13,16-17,25H2,1H3,(H,26,29);(H,6,7)/b15-14+;/t20-,21-;/m0./s1. The number of nitrogens with two attached hydrogens (primary N) is 1. The first-order valence-electron chi connectivity index (χ1n) is 11.5. The van der Waals surface area contributed by atoms with Crippen molar-refractivity contribution in [2.24, 2.45) is 5.73 Å². The Hall–Kier alpha value is -3.66. The molecule has 0 bridgehead atoms. The summed E-state index contributed by atoms with van der Waals surface area (Å²) < 4.78 is 31.7. The van der Waals surface area contributed by atoms with Crippen LogP contribution in [0.25, 0.3) is 0 Å². The van der Waals surface area contributed by atoms with Crippen LogP contribution < -0.4 is 16.0 Å². The summed E-state index contributed by atoms with van der Waals surface area (Å²) in [4.78, 5) is 35.7. The number of nitrogens with zero attached hydrogens (tertiary/aromatic N) is 1. The number of rotatable bonds is 8. The molecule has 36 heavy (non-hydrogen) atoms. The van der Waals surface area contributed by atoms with Gasteiger partial charge >= 0.3 is 12.1 Å². The fourth-order valence-electron chi connectivity index (χ4n) is 3.51. The van der Waals surface area contributed by atoms with E-state index in [9.17, 15) is 22.8 Å². The molecule has 0 saturated heterocycles. The van der Waals surface area contributed by atoms with E-state index in [4.69, 9.17) is 15.6 Å². The second-order valence-corrected chi connectivity index (χ2v) is 8.18. The van der Waals surface area contributed by atoms with Crippen LogP contribution in [-0.2, 0) is 27.2 Å². The molecule has 2 atom stereocenters. The zero-order valence-corrected chi connectivity index (χ0v) is 19.9. The Morgan fingerprint density at radius 1 is 1.11 bits per heavy atom. The van der Waals surface area contributed by atoms with Gasteiger partial charge in [-0.25, -0.2) is 4.79 Å². The van der Waals surface area contributed by atoms with Crippen molar-refractivity contribution in [3.05, 3.63) is 77.9 Å². The lowest BCUT2D eigenvalue weighted by Crippen LogP contribution is -2.44. The number of aryl methyl sites for hydroxylation is 1. The molecule has 0 spiro atoms. The molecule has 0 aromatic heterocycles. The summed E-state index contributed by atoms with van der Waals surface area (Å²) in [6.45, 7) is 2.57. The van der Waals surface area contributed by atoms with Gasteiger partial charge in [-0.2, -0.15) is 13.2 Å². The van der Waals surface area contributed by atoms with Gasteiger partial charge in [0, 0.05) is 24.4 Å². The first-order chi connectivity index (χ1) is 17.0. The maximum absolute atomic E-state index is 12.8. The lowest BCUT2D eigenvalue weighted by molar-refractivity contribution is -0.192. The number of carboxylic acids is 1. The van der Waals surface area contributed by atoms with Gasteiger partial charge in [-0.1, -0.05) is 61.5 Å². The smallest absolute Gasteiger partial charge is 0.475 e. The predicted octanol–water partition coefficient (Wildman–Crippen LogP) is 3.62. The normalized spacial score (nSPS) is 14.4. The van der Waals surface area contributed by atoms with Crippen LogP contribution in [0.5, 0.6) is 0 Å². The third kappa shape index (κ3) is 8.84. The molecule has 4 N–H and O–H groups in total. The Morgan fingerprint density at radius 2 is 1.72 bits per heavy atom. The molecular formula is C26H30F3N3O4. The number of amides is 2. The number of fused-ring (bicyclic) bond motifs is 1. The summed E-state index contributed by atoms with van der Waals surface area (Å²) in [5.74, 6) is -3.00. The minimum Gasteiger partial charge on any atom is -0.475 e. The van der Waals surface area contributed by atoms with Crippen LogP contribution in [0.15, 0.2) is 66.7 Å². The van der Waals surface area contributed by atoms with E-state index in [0.29, 0.717) is 19.4 Å². The number of nitrogens with one attached hydrogen (secondary N) is 1. The zero-order valence-electron chi connectivity index (χ0n) is 19.9. The van der Waals surface area contributed by atoms with Gasteiger partial charge in [0.1, 0.15) is 0 Å². The van der Waals surface area contributed by atoms with Crippen molar-refractivity contribution >= 4 is 23.5 Å². The quantitative estimate of drug-likeness (QED) is 0.475. The predicted molar refractivity (Wildman–Crippen MR) is 130 cm³/mol. The lowest BCUT2D eigenvalue weighted by atomic mass is 10.0. The van der Waals surface area contributed by atoms with Gasteiger partial charge < -0.3 is 21.1 Å². The number of para-hydroxylation sites is 1. The molecule has 1 aliphatic rings. The van der Waals surface area contributed by atoms with Gasteiger partial charge in [0.2, 0.25) is 5.91 Å². The maximum atomic E-state index is 12.8. The summed E-state index contributed by atoms with van der Waals surface area (Å²) >= 11 is 0. The number of anilines is 1. The largest absolute Gasteiger partial charge is 0.490 e. The highest BCUT2D eigenvalue weighted by molar-refractivity contribution is 6.03. The monoisotopic (exact) mass is 505 g/mol. The number of hydrogen-bond acceptors (Lipinski definition) is 4. The van der Waals surface area contributed by atoms with Crippen LogP contribution in [0.2, 0.25) is 0 Å². The van der Waals surface area contributed by atoms with E-state index < -0.39 is 18.2 Å². The minimum atomic E-state index is -5.08. The van der Waals surface area contributed by atoms with E-state index in [0.717, 1.165) is 18.5 Å². The fourth-order valence-corrected chi connectivity index (χ4v) is 3.51. The van der Waals surface area contributed by atoms with Crippen LogP contribution in [-0.4, -0.2) is 47.7 Å². The van der Waals surface area contributed by atoms with Crippen molar-refractivity contribution in [1.82, 2.24) is 5.32 Å². The highest BCUT2D eigenvalue weighted by Crippen LogP contribution is 2.27. The Morgan fingerprint density at radius 3 is 2.33 bits per heavy atom. The Kier molecular flexibility index (Phi) is 10.7. The Bertz CT molecular complexity index is 1060. The molecule has 0 aliphatic carbocycles. The van der Waals surface area contributed by atoms with Crippen LogP contribution in [0.3, 0.4) is 0 Å². The molecule has 7 nitrogen and oxygen atoms in total. The topological polar surface area (TPSA) is 113 Å². The van der Waals surface area contributed by atoms with Crippen LogP contribution in [0, 0.1) is 0 Å². The number of halogens is 3. The average Bonchev–Trinajstić information content (AvgIpc) is 3.29. The SMILES string of the molecule is CC[C@H](N)C(=O)N[C@H](/C=C/C(=O)N1CCc2ccccc21)CCc1ccccc1.O=C(O)C(F)(F)F. The molecule has 2 aromatic carbocycles. The van der Waals surface area contributed by atoms with E-state index in [1.54, 1.807) is 17.1 Å². The third-order valence-electron chi connectivity index (χ3n) is 5.56. The summed E-state index contributed by atoms with van der Waals surface area (Å²) in [7, 11) is 0. The second-order valence-electron chi connectivity index (χ2n) is 8.18. The number of carbonyl (C=O) groups is 3. The van der Waals surface area contributed by atoms with Crippen molar-refractivity contribution in [2.45, 2.75) is 50.9 Å². The molecule has 2 aromatic rings. The number of hydrogen-bond donors (Lipinski definition) is 3. The van der Waals surface area contributed by atoms with E-state index in [1.165, 1.54) is 11.1 Å². The van der Waals surface area contributed by atoms with Gasteiger partial charge in [0.25, 0.3) is 5.91 Å². The van der Waals surface area contributed by atoms with Crippen molar-refractivity contribution in [1.29, 1.82) is 0 Å². The molecule has 0 fully saturated rings.